The van der Waals surface area contributed by atoms with Crippen molar-refractivity contribution in [1.82, 2.24) is 14.7 Å². The molecule has 0 bridgehead atoms. The summed E-state index contributed by atoms with van der Waals surface area (Å²) in [6.45, 7) is 6.12. The Kier molecular flexibility index (Phi) is 4.43. The van der Waals surface area contributed by atoms with Crippen LogP contribution in [0.2, 0.25) is 0 Å². The third-order valence-electron chi connectivity index (χ3n) is 3.13. The average molecular weight is 287 g/mol. The van der Waals surface area contributed by atoms with Crippen LogP contribution in [0.4, 0.5) is 0 Å². The summed E-state index contributed by atoms with van der Waals surface area (Å²) in [4.78, 5) is 14.4. The zero-order valence-electron chi connectivity index (χ0n) is 12.7. The first-order chi connectivity index (χ1) is 9.92. The van der Waals surface area contributed by atoms with Gasteiger partial charge >= 0.3 is 0 Å². The Labute approximate surface area is 124 Å². The summed E-state index contributed by atoms with van der Waals surface area (Å²) in [5.74, 6) is -0.106. The Morgan fingerprint density at radius 1 is 1.33 bits per heavy atom. The molecule has 0 fully saturated rings. The van der Waals surface area contributed by atoms with Crippen molar-refractivity contribution in [2.45, 2.75) is 26.4 Å². The van der Waals surface area contributed by atoms with Gasteiger partial charge in [0.05, 0.1) is 16.9 Å². The monoisotopic (exact) mass is 287 g/mol. The van der Waals surface area contributed by atoms with E-state index >= 15 is 0 Å². The molecule has 0 radical (unpaired) electrons. The van der Waals surface area contributed by atoms with E-state index in [1.807, 2.05) is 31.2 Å². The quantitative estimate of drug-likeness (QED) is 0.916. The second-order valence-electron chi connectivity index (χ2n) is 5.60. The molecule has 1 aromatic heterocycles. The lowest BCUT2D eigenvalue weighted by atomic mass is 10.1. The van der Waals surface area contributed by atoms with Gasteiger partial charge in [0, 0.05) is 25.5 Å². The molecule has 5 nitrogen and oxygen atoms in total. The van der Waals surface area contributed by atoms with Gasteiger partial charge in [0.15, 0.2) is 0 Å². The van der Waals surface area contributed by atoms with E-state index in [-0.39, 0.29) is 12.5 Å². The van der Waals surface area contributed by atoms with Crippen LogP contribution in [0.15, 0.2) is 42.7 Å². The molecule has 1 aromatic carbocycles. The zero-order chi connectivity index (χ0) is 15.5. The molecule has 0 saturated heterocycles. The molecule has 2 aromatic rings. The van der Waals surface area contributed by atoms with Crippen LogP contribution in [0.5, 0.6) is 0 Å². The molecule has 0 saturated carbocycles. The van der Waals surface area contributed by atoms with Gasteiger partial charge in [-0.25, -0.2) is 4.68 Å². The number of carbonyl (C=O) groups is 1. The van der Waals surface area contributed by atoms with Crippen LogP contribution in [0, 0.1) is 0 Å². The van der Waals surface area contributed by atoms with Crippen molar-refractivity contribution in [3.05, 3.63) is 48.3 Å². The van der Waals surface area contributed by atoms with Crippen LogP contribution in [-0.2, 0) is 0 Å². The lowest BCUT2D eigenvalue weighted by molar-refractivity contribution is 0.0314. The van der Waals surface area contributed by atoms with E-state index in [1.165, 1.54) is 0 Å². The van der Waals surface area contributed by atoms with Gasteiger partial charge in [-0.1, -0.05) is 12.1 Å². The van der Waals surface area contributed by atoms with Crippen LogP contribution in [0.3, 0.4) is 0 Å². The first-order valence-electron chi connectivity index (χ1n) is 7.03. The predicted molar refractivity (Wildman–Crippen MR) is 81.4 cm³/mol. The van der Waals surface area contributed by atoms with E-state index in [1.54, 1.807) is 41.9 Å². The number of nitrogens with zero attached hydrogens (tertiary/aromatic N) is 3. The fraction of sp³-hybridized carbons (Fsp3) is 0.375. The predicted octanol–water partition coefficient (Wildman–Crippen LogP) is 2.11. The summed E-state index contributed by atoms with van der Waals surface area (Å²) in [5, 5.41) is 14.1. The van der Waals surface area contributed by atoms with Gasteiger partial charge in [0.2, 0.25) is 0 Å². The number of aromatic nitrogens is 2. The zero-order valence-corrected chi connectivity index (χ0v) is 12.7. The molecule has 0 aliphatic heterocycles. The van der Waals surface area contributed by atoms with Gasteiger partial charge < -0.3 is 10.0 Å². The maximum Gasteiger partial charge on any atom is 0.256 e. The summed E-state index contributed by atoms with van der Waals surface area (Å²) in [7, 11) is 0. The number of carbonyl (C=O) groups excluding carboxylic acids is 1. The minimum Gasteiger partial charge on any atom is -0.389 e. The van der Waals surface area contributed by atoms with Crippen molar-refractivity contribution in [2.24, 2.45) is 0 Å². The molecule has 1 amide bonds. The number of para-hydroxylation sites is 1. The third-order valence-corrected chi connectivity index (χ3v) is 3.13. The highest BCUT2D eigenvalue weighted by Gasteiger charge is 2.24. The van der Waals surface area contributed by atoms with Crippen LogP contribution in [0.1, 0.15) is 31.1 Å². The van der Waals surface area contributed by atoms with E-state index in [0.717, 1.165) is 5.69 Å². The number of rotatable bonds is 5. The highest BCUT2D eigenvalue weighted by Crippen LogP contribution is 2.17. The highest BCUT2D eigenvalue weighted by molar-refractivity contribution is 5.97. The van der Waals surface area contributed by atoms with E-state index < -0.39 is 5.60 Å². The van der Waals surface area contributed by atoms with Crippen molar-refractivity contribution in [3.63, 3.8) is 0 Å². The van der Waals surface area contributed by atoms with Crippen LogP contribution >= 0.6 is 0 Å². The van der Waals surface area contributed by atoms with Crippen molar-refractivity contribution < 1.29 is 9.90 Å². The molecule has 2 rings (SSSR count). The standard InChI is InChI=1S/C16H21N3O2/c1-4-18(12-16(2,3)21)15(20)13-8-5-6-9-14(13)19-11-7-10-17-19/h5-11,21H,4,12H2,1-3H3. The third kappa shape index (κ3) is 3.70. The minimum atomic E-state index is -0.924. The Morgan fingerprint density at radius 2 is 2.05 bits per heavy atom. The molecule has 0 aliphatic carbocycles. The maximum absolute atomic E-state index is 12.7. The largest absolute Gasteiger partial charge is 0.389 e. The first-order valence-corrected chi connectivity index (χ1v) is 7.03. The van der Waals surface area contributed by atoms with Crippen molar-refractivity contribution in [1.29, 1.82) is 0 Å². The molecule has 21 heavy (non-hydrogen) atoms. The SMILES string of the molecule is CCN(CC(C)(C)O)C(=O)c1ccccc1-n1cccn1. The van der Waals surface area contributed by atoms with Gasteiger partial charge in [-0.3, -0.25) is 4.79 Å². The molecule has 112 valence electrons. The van der Waals surface area contributed by atoms with Crippen LogP contribution in [0.25, 0.3) is 5.69 Å². The molecular weight excluding hydrogens is 266 g/mol. The summed E-state index contributed by atoms with van der Waals surface area (Å²) < 4.78 is 1.67. The molecule has 5 heteroatoms. The fourth-order valence-corrected chi connectivity index (χ4v) is 2.23. The fourth-order valence-electron chi connectivity index (χ4n) is 2.23. The van der Waals surface area contributed by atoms with E-state index in [9.17, 15) is 9.90 Å². The Morgan fingerprint density at radius 3 is 2.62 bits per heavy atom. The molecule has 0 unspecified atom stereocenters. The molecule has 1 N–H and O–H groups in total. The summed E-state index contributed by atoms with van der Waals surface area (Å²) in [6.07, 6.45) is 3.48. The summed E-state index contributed by atoms with van der Waals surface area (Å²) in [5.41, 5.74) is 0.390. The van der Waals surface area contributed by atoms with Gasteiger partial charge in [0.1, 0.15) is 0 Å². The van der Waals surface area contributed by atoms with Crippen LogP contribution < -0.4 is 0 Å². The number of hydrogen-bond donors (Lipinski definition) is 1. The number of hydrogen-bond acceptors (Lipinski definition) is 3. The number of aliphatic hydroxyl groups is 1. The molecule has 0 spiro atoms. The van der Waals surface area contributed by atoms with Gasteiger partial charge in [-0.15, -0.1) is 0 Å². The van der Waals surface area contributed by atoms with E-state index in [0.29, 0.717) is 12.1 Å². The van der Waals surface area contributed by atoms with Gasteiger partial charge in [-0.2, -0.15) is 5.10 Å². The first kappa shape index (κ1) is 15.3. The van der Waals surface area contributed by atoms with Gasteiger partial charge in [0.25, 0.3) is 5.91 Å². The second-order valence-corrected chi connectivity index (χ2v) is 5.60. The van der Waals surface area contributed by atoms with Crippen molar-refractivity contribution in [3.8, 4) is 5.69 Å². The van der Waals surface area contributed by atoms with Gasteiger partial charge in [-0.05, 0) is 39.0 Å². The van der Waals surface area contributed by atoms with E-state index in [4.69, 9.17) is 0 Å². The lowest BCUT2D eigenvalue weighted by Gasteiger charge is -2.28. The second kappa shape index (κ2) is 6.10. The topological polar surface area (TPSA) is 58.4 Å². The Hall–Kier alpha value is -2.14. The average Bonchev–Trinajstić information content (AvgIpc) is 2.97. The number of likely N-dealkylation sites (N-methyl/N-ethyl adjacent to an activating group) is 1. The minimum absolute atomic E-state index is 0.106. The number of benzene rings is 1. The van der Waals surface area contributed by atoms with E-state index in [2.05, 4.69) is 5.10 Å². The smallest absolute Gasteiger partial charge is 0.256 e. The molecule has 0 aliphatic rings. The molecule has 0 atom stereocenters. The Bertz CT molecular complexity index is 600. The van der Waals surface area contributed by atoms with Crippen molar-refractivity contribution in [2.75, 3.05) is 13.1 Å². The summed E-state index contributed by atoms with van der Waals surface area (Å²) >= 11 is 0. The maximum atomic E-state index is 12.7. The number of amides is 1. The van der Waals surface area contributed by atoms with Crippen molar-refractivity contribution >= 4 is 5.91 Å². The molecule has 1 heterocycles. The Balaban J connectivity index is 2.35. The molecular formula is C16H21N3O2. The summed E-state index contributed by atoms with van der Waals surface area (Å²) in [6, 6.07) is 9.17. The van der Waals surface area contributed by atoms with Crippen LogP contribution in [-0.4, -0.2) is 44.4 Å². The lowest BCUT2D eigenvalue weighted by Crippen LogP contribution is -2.42. The highest BCUT2D eigenvalue weighted by atomic mass is 16.3. The normalized spacial score (nSPS) is 11.4.